The largest absolute Gasteiger partial charge is 0.287 e. The van der Waals surface area contributed by atoms with Crippen LogP contribution >= 0.6 is 11.6 Å². The zero-order valence-corrected chi connectivity index (χ0v) is 9.49. The van der Waals surface area contributed by atoms with E-state index in [9.17, 15) is 9.18 Å². The maximum absolute atomic E-state index is 12.7. The number of hydrogen-bond acceptors (Lipinski definition) is 2. The Kier molecular flexibility index (Phi) is 3.06. The number of aromatic nitrogens is 2. The molecule has 5 heteroatoms. The molecule has 0 spiro atoms. The molecule has 3 nitrogen and oxygen atoms in total. The standard InChI is InChI=1S/C12H8ClFN2O/c1-8(16-7-10(13)6-15-16)12(17)9-2-4-11(14)5-3-9/h2-7H,1H2. The second kappa shape index (κ2) is 4.51. The highest BCUT2D eigenvalue weighted by Crippen LogP contribution is 2.14. The van der Waals surface area contributed by atoms with Crippen LogP contribution < -0.4 is 0 Å². The summed E-state index contributed by atoms with van der Waals surface area (Å²) >= 11 is 5.69. The van der Waals surface area contributed by atoms with Gasteiger partial charge in [0.05, 0.1) is 11.2 Å². The van der Waals surface area contributed by atoms with Crippen molar-refractivity contribution in [3.8, 4) is 0 Å². The Morgan fingerprint density at radius 2 is 2.00 bits per heavy atom. The monoisotopic (exact) mass is 250 g/mol. The average Bonchev–Trinajstić information content (AvgIpc) is 2.75. The highest BCUT2D eigenvalue weighted by atomic mass is 35.5. The highest BCUT2D eigenvalue weighted by Gasteiger charge is 2.12. The Hall–Kier alpha value is -1.94. The average molecular weight is 251 g/mol. The van der Waals surface area contributed by atoms with Gasteiger partial charge in [-0.2, -0.15) is 5.10 Å². The molecule has 1 aromatic carbocycles. The molecule has 0 bridgehead atoms. The highest BCUT2D eigenvalue weighted by molar-refractivity contribution is 6.30. The van der Waals surface area contributed by atoms with Gasteiger partial charge >= 0.3 is 0 Å². The van der Waals surface area contributed by atoms with Crippen molar-refractivity contribution in [1.29, 1.82) is 0 Å². The van der Waals surface area contributed by atoms with Gasteiger partial charge in [0.1, 0.15) is 11.5 Å². The predicted octanol–water partition coefficient (Wildman–Crippen LogP) is 3.03. The molecule has 2 aromatic rings. The van der Waals surface area contributed by atoms with Crippen LogP contribution in [0.15, 0.2) is 43.2 Å². The minimum atomic E-state index is -0.394. The first-order valence-electron chi connectivity index (χ1n) is 4.77. The molecule has 0 aliphatic rings. The van der Waals surface area contributed by atoms with Crippen molar-refractivity contribution in [2.45, 2.75) is 0 Å². The Labute approximate surface area is 102 Å². The van der Waals surface area contributed by atoms with Crippen LogP contribution in [0.2, 0.25) is 5.02 Å². The third kappa shape index (κ3) is 2.42. The van der Waals surface area contributed by atoms with Crippen LogP contribution in [0.4, 0.5) is 4.39 Å². The van der Waals surface area contributed by atoms with Gasteiger partial charge in [0, 0.05) is 11.8 Å². The van der Waals surface area contributed by atoms with Gasteiger partial charge in [0.2, 0.25) is 5.78 Å². The van der Waals surface area contributed by atoms with Gasteiger partial charge in [-0.1, -0.05) is 18.2 Å². The van der Waals surface area contributed by atoms with Crippen LogP contribution in [0.1, 0.15) is 10.4 Å². The summed E-state index contributed by atoms with van der Waals surface area (Å²) in [5, 5.41) is 4.28. The van der Waals surface area contributed by atoms with E-state index in [1.54, 1.807) is 0 Å². The molecule has 0 fully saturated rings. The number of carbonyl (C=O) groups is 1. The molecule has 1 aromatic heterocycles. The van der Waals surface area contributed by atoms with Crippen LogP contribution in [0.3, 0.4) is 0 Å². The first kappa shape index (κ1) is 11.5. The molecule has 0 saturated heterocycles. The molecule has 86 valence electrons. The van der Waals surface area contributed by atoms with E-state index >= 15 is 0 Å². The Morgan fingerprint density at radius 3 is 2.53 bits per heavy atom. The normalized spacial score (nSPS) is 10.2. The number of carbonyl (C=O) groups excluding carboxylic acids is 1. The van der Waals surface area contributed by atoms with Crippen molar-refractivity contribution >= 4 is 23.1 Å². The summed E-state index contributed by atoms with van der Waals surface area (Å²) in [5.41, 5.74) is 0.506. The number of rotatable bonds is 3. The molecular formula is C12H8ClFN2O. The molecule has 0 aliphatic carbocycles. The van der Waals surface area contributed by atoms with E-state index in [0.29, 0.717) is 10.6 Å². The predicted molar refractivity (Wildman–Crippen MR) is 63.3 cm³/mol. The number of ketones is 1. The van der Waals surface area contributed by atoms with Crippen molar-refractivity contribution in [3.63, 3.8) is 0 Å². The lowest BCUT2D eigenvalue weighted by molar-refractivity contribution is 0.105. The van der Waals surface area contributed by atoms with Gasteiger partial charge in [-0.25, -0.2) is 9.07 Å². The molecule has 2 rings (SSSR count). The summed E-state index contributed by atoms with van der Waals surface area (Å²) in [6.07, 6.45) is 2.88. The van der Waals surface area contributed by atoms with Gasteiger partial charge in [-0.15, -0.1) is 0 Å². The van der Waals surface area contributed by atoms with Crippen molar-refractivity contribution in [2.75, 3.05) is 0 Å². The number of allylic oxidation sites excluding steroid dienone is 1. The lowest BCUT2D eigenvalue weighted by Gasteiger charge is -2.04. The zero-order chi connectivity index (χ0) is 12.4. The molecule has 0 unspecified atom stereocenters. The SMILES string of the molecule is C=C(C(=O)c1ccc(F)cc1)n1cc(Cl)cn1. The summed E-state index contributed by atoms with van der Waals surface area (Å²) in [6, 6.07) is 5.23. The van der Waals surface area contributed by atoms with E-state index < -0.39 is 5.82 Å². The minimum absolute atomic E-state index is 0.156. The molecular weight excluding hydrogens is 243 g/mol. The van der Waals surface area contributed by atoms with Crippen LogP contribution in [-0.2, 0) is 0 Å². The molecule has 1 heterocycles. The van der Waals surface area contributed by atoms with E-state index in [-0.39, 0.29) is 11.5 Å². The molecule has 17 heavy (non-hydrogen) atoms. The third-order valence-electron chi connectivity index (χ3n) is 2.20. The molecule has 0 atom stereocenters. The third-order valence-corrected chi connectivity index (χ3v) is 2.39. The second-order valence-electron chi connectivity index (χ2n) is 3.39. The lowest BCUT2D eigenvalue weighted by atomic mass is 10.1. The lowest BCUT2D eigenvalue weighted by Crippen LogP contribution is -2.08. The molecule has 0 aliphatic heterocycles. The van der Waals surface area contributed by atoms with E-state index in [2.05, 4.69) is 11.7 Å². The van der Waals surface area contributed by atoms with Gasteiger partial charge in [0.25, 0.3) is 0 Å². The van der Waals surface area contributed by atoms with E-state index in [0.717, 1.165) is 0 Å². The summed E-state index contributed by atoms with van der Waals surface area (Å²) in [6.45, 7) is 3.64. The van der Waals surface area contributed by atoms with Gasteiger partial charge in [0.15, 0.2) is 0 Å². The number of nitrogens with zero attached hydrogens (tertiary/aromatic N) is 2. The fourth-order valence-corrected chi connectivity index (χ4v) is 1.46. The summed E-state index contributed by atoms with van der Waals surface area (Å²) < 4.78 is 14.0. The quantitative estimate of drug-likeness (QED) is 0.620. The zero-order valence-electron chi connectivity index (χ0n) is 8.73. The number of Topliss-reactive ketones (excluding diaryl/α,β-unsaturated/α-hetero) is 1. The second-order valence-corrected chi connectivity index (χ2v) is 3.82. The topological polar surface area (TPSA) is 34.9 Å². The maximum Gasteiger partial charge on any atom is 0.210 e. The number of benzene rings is 1. The minimum Gasteiger partial charge on any atom is -0.287 e. The van der Waals surface area contributed by atoms with E-state index in [4.69, 9.17) is 11.6 Å². The summed E-state index contributed by atoms with van der Waals surface area (Å²) in [4.78, 5) is 11.9. The smallest absolute Gasteiger partial charge is 0.210 e. The van der Waals surface area contributed by atoms with Crippen LogP contribution in [0.5, 0.6) is 0 Å². The maximum atomic E-state index is 12.7. The molecule has 0 saturated carbocycles. The van der Waals surface area contributed by atoms with Crippen LogP contribution in [-0.4, -0.2) is 15.6 Å². The van der Waals surface area contributed by atoms with Crippen LogP contribution in [0, 0.1) is 5.82 Å². The summed E-state index contributed by atoms with van der Waals surface area (Å²) in [7, 11) is 0. The number of hydrogen-bond donors (Lipinski definition) is 0. The molecule has 0 N–H and O–H groups in total. The van der Waals surface area contributed by atoms with Gasteiger partial charge < -0.3 is 0 Å². The molecule has 0 radical (unpaired) electrons. The Balaban J connectivity index is 2.26. The first-order chi connectivity index (χ1) is 8.08. The van der Waals surface area contributed by atoms with E-state index in [1.807, 2.05) is 0 Å². The summed E-state index contributed by atoms with van der Waals surface area (Å²) in [5.74, 6) is -0.723. The fraction of sp³-hybridized carbons (Fsp3) is 0. The van der Waals surface area contributed by atoms with Gasteiger partial charge in [-0.05, 0) is 24.3 Å². The fourth-order valence-electron chi connectivity index (χ4n) is 1.32. The van der Waals surface area contributed by atoms with Crippen molar-refractivity contribution in [3.05, 3.63) is 59.6 Å². The van der Waals surface area contributed by atoms with Crippen molar-refractivity contribution < 1.29 is 9.18 Å². The van der Waals surface area contributed by atoms with Crippen LogP contribution in [0.25, 0.3) is 5.70 Å². The molecule has 0 amide bonds. The first-order valence-corrected chi connectivity index (χ1v) is 5.15. The van der Waals surface area contributed by atoms with Crippen molar-refractivity contribution in [1.82, 2.24) is 9.78 Å². The van der Waals surface area contributed by atoms with E-state index in [1.165, 1.54) is 41.3 Å². The number of halogens is 2. The van der Waals surface area contributed by atoms with Crippen molar-refractivity contribution in [2.24, 2.45) is 0 Å². The Bertz CT molecular complexity index is 574. The van der Waals surface area contributed by atoms with Gasteiger partial charge in [-0.3, -0.25) is 4.79 Å². The Morgan fingerprint density at radius 1 is 1.35 bits per heavy atom.